The van der Waals surface area contributed by atoms with Crippen LogP contribution in [-0.4, -0.2) is 22.9 Å². The second-order valence-corrected chi connectivity index (χ2v) is 7.60. The third-order valence-electron chi connectivity index (χ3n) is 3.67. The van der Waals surface area contributed by atoms with Crippen molar-refractivity contribution < 1.29 is 18.8 Å². The Bertz CT molecular complexity index is 665. The van der Waals surface area contributed by atoms with Crippen LogP contribution in [-0.2, 0) is 11.2 Å². The smallest absolute Gasteiger partial charge is 0.158 e. The SMILES string of the molecule is [O-][S+](c1ccc(F)cc1)C1c2ccc(Br)cc2OCC1CO. The first-order valence-corrected chi connectivity index (χ1v) is 8.80. The molecule has 0 aromatic heterocycles. The van der Waals surface area contributed by atoms with E-state index >= 15 is 0 Å². The number of halogens is 2. The van der Waals surface area contributed by atoms with Gasteiger partial charge in [-0.1, -0.05) is 15.9 Å². The Hall–Kier alpha value is -1.08. The van der Waals surface area contributed by atoms with Gasteiger partial charge in [0, 0.05) is 10.0 Å². The molecule has 2 aromatic carbocycles. The molecule has 3 unspecified atom stereocenters. The van der Waals surface area contributed by atoms with E-state index in [4.69, 9.17) is 4.74 Å². The van der Waals surface area contributed by atoms with Gasteiger partial charge in [-0.15, -0.1) is 0 Å². The summed E-state index contributed by atoms with van der Waals surface area (Å²) in [7, 11) is 0. The first-order valence-electron chi connectivity index (χ1n) is 6.79. The Kier molecular flexibility index (Phi) is 4.73. The van der Waals surface area contributed by atoms with Crippen LogP contribution in [0.25, 0.3) is 0 Å². The Morgan fingerprint density at radius 2 is 2.00 bits per heavy atom. The Morgan fingerprint density at radius 3 is 2.68 bits per heavy atom. The minimum absolute atomic E-state index is 0.118. The lowest BCUT2D eigenvalue weighted by Crippen LogP contribution is -2.33. The zero-order valence-corrected chi connectivity index (χ0v) is 13.9. The molecule has 0 amide bonds. The van der Waals surface area contributed by atoms with Crippen LogP contribution in [0.1, 0.15) is 10.8 Å². The predicted molar refractivity (Wildman–Crippen MR) is 85.8 cm³/mol. The molecule has 0 bridgehead atoms. The summed E-state index contributed by atoms with van der Waals surface area (Å²) in [5, 5.41) is 9.22. The second kappa shape index (κ2) is 6.58. The number of hydrogen-bond acceptors (Lipinski definition) is 3. The lowest BCUT2D eigenvalue weighted by Gasteiger charge is -2.33. The average molecular weight is 385 g/mol. The molecule has 6 heteroatoms. The van der Waals surface area contributed by atoms with Crippen LogP contribution >= 0.6 is 15.9 Å². The van der Waals surface area contributed by atoms with Crippen LogP contribution in [0, 0.1) is 11.7 Å². The van der Waals surface area contributed by atoms with Gasteiger partial charge in [-0.2, -0.15) is 0 Å². The van der Waals surface area contributed by atoms with Crippen molar-refractivity contribution in [1.29, 1.82) is 0 Å². The summed E-state index contributed by atoms with van der Waals surface area (Å²) in [5.41, 5.74) is 0.802. The highest BCUT2D eigenvalue weighted by atomic mass is 79.9. The third-order valence-corrected chi connectivity index (χ3v) is 6.00. The van der Waals surface area contributed by atoms with Crippen LogP contribution in [0.2, 0.25) is 0 Å². The summed E-state index contributed by atoms with van der Waals surface area (Å²) in [6, 6.07) is 11.2. The highest BCUT2D eigenvalue weighted by Gasteiger charge is 2.40. The number of fused-ring (bicyclic) bond motifs is 1. The molecular weight excluding hydrogens is 371 g/mol. The van der Waals surface area contributed by atoms with E-state index in [1.807, 2.05) is 18.2 Å². The Labute approximate surface area is 139 Å². The van der Waals surface area contributed by atoms with Crippen LogP contribution < -0.4 is 4.74 Å². The van der Waals surface area contributed by atoms with Crippen molar-refractivity contribution in [3.8, 4) is 5.75 Å². The Balaban J connectivity index is 2.00. The van der Waals surface area contributed by atoms with Crippen molar-refractivity contribution in [3.05, 3.63) is 58.3 Å². The van der Waals surface area contributed by atoms with Gasteiger partial charge in [0.1, 0.15) is 11.6 Å². The lowest BCUT2D eigenvalue weighted by atomic mass is 9.97. The van der Waals surface area contributed by atoms with Gasteiger partial charge in [-0.3, -0.25) is 0 Å². The molecule has 1 N–H and O–H groups in total. The molecule has 0 radical (unpaired) electrons. The molecular formula is C16H14BrFO3S. The maximum atomic E-state index is 13.1. The molecule has 0 saturated heterocycles. The summed E-state index contributed by atoms with van der Waals surface area (Å²) in [4.78, 5) is 0.542. The molecule has 0 spiro atoms. The van der Waals surface area contributed by atoms with E-state index in [0.717, 1.165) is 10.0 Å². The van der Waals surface area contributed by atoms with Gasteiger partial charge >= 0.3 is 0 Å². The van der Waals surface area contributed by atoms with Gasteiger partial charge in [-0.25, -0.2) is 4.39 Å². The van der Waals surface area contributed by atoms with Gasteiger partial charge in [0.25, 0.3) is 0 Å². The fourth-order valence-corrected chi connectivity index (χ4v) is 4.54. The normalized spacial score (nSPS) is 21.8. The summed E-state index contributed by atoms with van der Waals surface area (Å²) in [6.45, 7) is 0.185. The quantitative estimate of drug-likeness (QED) is 0.824. The van der Waals surface area contributed by atoms with E-state index in [-0.39, 0.29) is 23.6 Å². The molecule has 3 atom stereocenters. The van der Waals surface area contributed by atoms with Gasteiger partial charge in [0.2, 0.25) is 0 Å². The maximum Gasteiger partial charge on any atom is 0.158 e. The van der Waals surface area contributed by atoms with E-state index < -0.39 is 11.2 Å². The van der Waals surface area contributed by atoms with Crippen LogP contribution in [0.15, 0.2) is 51.8 Å². The van der Waals surface area contributed by atoms with Gasteiger partial charge in [-0.05, 0) is 53.6 Å². The molecule has 1 heterocycles. The zero-order chi connectivity index (χ0) is 15.7. The number of rotatable bonds is 3. The fourth-order valence-electron chi connectivity index (χ4n) is 2.56. The minimum Gasteiger partial charge on any atom is -0.611 e. The predicted octanol–water partition coefficient (Wildman–Crippen LogP) is 3.44. The molecule has 0 aliphatic carbocycles. The first-order chi connectivity index (χ1) is 10.6. The first kappa shape index (κ1) is 15.8. The molecule has 0 saturated carbocycles. The van der Waals surface area contributed by atoms with Crippen LogP contribution in [0.5, 0.6) is 5.75 Å². The number of ether oxygens (including phenoxy) is 1. The third kappa shape index (κ3) is 3.01. The molecule has 22 heavy (non-hydrogen) atoms. The van der Waals surface area contributed by atoms with Crippen molar-refractivity contribution in [2.24, 2.45) is 5.92 Å². The van der Waals surface area contributed by atoms with E-state index in [2.05, 4.69) is 15.9 Å². The van der Waals surface area contributed by atoms with E-state index in [1.54, 1.807) is 0 Å². The molecule has 2 aromatic rings. The molecule has 1 aliphatic heterocycles. The number of aliphatic hydroxyl groups excluding tert-OH is 1. The maximum absolute atomic E-state index is 13.1. The number of hydrogen-bond donors (Lipinski definition) is 1. The topological polar surface area (TPSA) is 52.5 Å². The highest BCUT2D eigenvalue weighted by Crippen LogP contribution is 2.43. The minimum atomic E-state index is -1.40. The van der Waals surface area contributed by atoms with Crippen molar-refractivity contribution in [2.45, 2.75) is 10.1 Å². The second-order valence-electron chi connectivity index (χ2n) is 5.11. The van der Waals surface area contributed by atoms with E-state index in [1.165, 1.54) is 24.3 Å². The van der Waals surface area contributed by atoms with Crippen LogP contribution in [0.3, 0.4) is 0 Å². The van der Waals surface area contributed by atoms with Crippen LogP contribution in [0.4, 0.5) is 4.39 Å². The Morgan fingerprint density at radius 1 is 1.27 bits per heavy atom. The number of aliphatic hydroxyl groups is 1. The molecule has 3 nitrogen and oxygen atoms in total. The van der Waals surface area contributed by atoms with E-state index in [9.17, 15) is 14.0 Å². The summed E-state index contributed by atoms with van der Waals surface area (Å²) in [5.74, 6) is 0.0369. The van der Waals surface area contributed by atoms with Gasteiger partial charge in [0.05, 0.1) is 19.1 Å². The summed E-state index contributed by atoms with van der Waals surface area (Å²) in [6.07, 6.45) is 0. The summed E-state index contributed by atoms with van der Waals surface area (Å²) >= 11 is 1.99. The monoisotopic (exact) mass is 384 g/mol. The van der Waals surface area contributed by atoms with Crippen molar-refractivity contribution in [3.63, 3.8) is 0 Å². The highest BCUT2D eigenvalue weighted by molar-refractivity contribution is 9.10. The summed E-state index contributed by atoms with van der Waals surface area (Å²) < 4.78 is 32.5. The molecule has 116 valence electrons. The number of benzene rings is 2. The average Bonchev–Trinajstić information content (AvgIpc) is 2.53. The molecule has 0 fully saturated rings. The van der Waals surface area contributed by atoms with Crippen molar-refractivity contribution in [2.75, 3.05) is 13.2 Å². The molecule has 3 rings (SSSR count). The standard InChI is InChI=1S/C16H14BrFO3S/c17-11-1-6-14-15(7-11)21-9-10(8-19)16(14)22(20)13-4-2-12(18)3-5-13/h1-7,10,16,19H,8-9H2. The van der Waals surface area contributed by atoms with Crippen molar-refractivity contribution >= 4 is 27.1 Å². The molecule has 1 aliphatic rings. The van der Waals surface area contributed by atoms with Gasteiger partial charge in [0.15, 0.2) is 10.1 Å². The fraction of sp³-hybridized carbons (Fsp3) is 0.250. The van der Waals surface area contributed by atoms with Gasteiger partial charge < -0.3 is 14.4 Å². The van der Waals surface area contributed by atoms with E-state index in [0.29, 0.717) is 17.3 Å². The zero-order valence-electron chi connectivity index (χ0n) is 11.5. The largest absolute Gasteiger partial charge is 0.611 e. The van der Waals surface area contributed by atoms with Crippen molar-refractivity contribution in [1.82, 2.24) is 0 Å². The lowest BCUT2D eigenvalue weighted by molar-refractivity contribution is 0.141.